The Labute approximate surface area is 769 Å². The van der Waals surface area contributed by atoms with Gasteiger partial charge >= 0.3 is 0 Å². The van der Waals surface area contributed by atoms with Gasteiger partial charge in [0.2, 0.25) is 23.6 Å². The number of hydrogen-bond donors (Lipinski definition) is 4. The predicted octanol–water partition coefficient (Wildman–Crippen LogP) is 16.1. The van der Waals surface area contributed by atoms with E-state index < -0.39 is 138 Å². The lowest BCUT2D eigenvalue weighted by molar-refractivity contribution is -0.132. The Balaban J connectivity index is 0.000000147. The Hall–Kier alpha value is -14.9. The minimum atomic E-state index is -1.21. The van der Waals surface area contributed by atoms with Gasteiger partial charge in [-0.2, -0.15) is 0 Å². The molecule has 0 bridgehead atoms. The lowest BCUT2D eigenvalue weighted by Crippen LogP contribution is -2.66. The van der Waals surface area contributed by atoms with Gasteiger partial charge in [-0.05, 0) is 180 Å². The topological polar surface area (TPSA) is 303 Å². The number of hydrogen-bond acceptors (Lipinski definition) is 17. The average Bonchev–Trinajstić information content (AvgIpc) is 0.707. The Kier molecular flexibility index (Phi) is 24.6. The molecule has 0 spiro atoms. The number of nitrogens with zero attached hydrogens (tertiary/aromatic N) is 13. The summed E-state index contributed by atoms with van der Waals surface area (Å²) in [6.07, 6.45) is 9.28. The first-order chi connectivity index (χ1) is 64.1. The number of likely N-dealkylation sites (N-methyl/N-ethyl adjacent to an activating group) is 1. The molecule has 25 nitrogen and oxygen atoms in total. The summed E-state index contributed by atoms with van der Waals surface area (Å²) in [5.41, 5.74) is 16.5. The fraction of sp³-hybridized carbons (Fsp3) is 0.297. The van der Waals surface area contributed by atoms with Crippen molar-refractivity contribution in [1.29, 1.82) is 0 Å². The van der Waals surface area contributed by atoms with Crippen molar-refractivity contribution in [3.63, 3.8) is 0 Å². The smallest absolute Gasteiger partial charge is 0.281 e. The molecule has 0 saturated carbocycles. The van der Waals surface area contributed by atoms with Gasteiger partial charge in [-0.3, -0.25) is 67.0 Å². The van der Waals surface area contributed by atoms with Crippen molar-refractivity contribution in [2.24, 2.45) is 0 Å². The molecule has 34 heteroatoms. The minimum Gasteiger partial charge on any atom is -0.398 e. The summed E-state index contributed by atoms with van der Waals surface area (Å²) in [7, 11) is 1.42. The number of anilines is 8. The molecule has 6 aromatic heterocycles. The lowest BCUT2D eigenvalue weighted by atomic mass is 9.89. The predicted molar refractivity (Wildman–Crippen MR) is 506 cm³/mol. The monoisotopic (exact) mass is 1850 g/mol. The molecule has 7 N–H and O–H groups in total. The van der Waals surface area contributed by atoms with Crippen LogP contribution in [0.15, 0.2) is 162 Å². The zero-order valence-corrected chi connectivity index (χ0v) is 76.3. The second kappa shape index (κ2) is 35.6. The molecular formula is C101H98F9N17O8. The van der Waals surface area contributed by atoms with Crippen LogP contribution in [0.1, 0.15) is 126 Å². The third-order valence-corrected chi connectivity index (χ3v) is 26.5. The number of amides is 5. The highest BCUT2D eigenvalue weighted by atomic mass is 19.2. The first kappa shape index (κ1) is 93.4. The summed E-state index contributed by atoms with van der Waals surface area (Å²) in [6, 6.07) is 16.4. The highest BCUT2D eigenvalue weighted by Gasteiger charge is 2.49. The standard InChI is InChI=1S/C34H33F3N6O3.C34H34F3N5O2.C33H31F3N6O3/c1-7-24(44)41-15-23-33(45)40(6)32-31(42(23)14-18(41)5)19-13-21(36)26(25-20(35)9-8-10-22(25)38)27(37)30(19)43(34(32)46)29-17(4)11-12-39-28(29)16(2)3;1-6-26(43)40-16-20-10-11-21-32(41(20)15-19(40)5)22-14-24(36)28(27-23(35)8-7-9-25(27)38)29(37)33(22)42(34(21)44)31-18(4)12-13-39-30(31)17(2)3;1-6-23(43)40-14-22-32(44)39-28-31(41(22)13-17(40)5)18-12-20(35)25(24-19(34)8-7-9-21(24)37)26(36)30(18)42(33(28)45)29-16(4)10-11-38-27(29)15(2)3/h7-13,16,18,23H,1,14-15,38H2,2-6H3;6-9,12-14,17,19-20H,1,10-11,15-16,38H2,2-5H3;6-12,15,17,22H,1,13-14,37H2,2-5H3,(H,39,44). The SMILES string of the molecule is C=CC(=O)N1CC2C(=O)N(C)c3c(c4cc(F)c(-c5c(N)cccc5F)c(F)c4n(-c4c(C)ccnc4C(C)C)c3=O)N2CC1C.C=CC(=O)N1CC2C(=O)Nc3c(c4cc(F)c(-c5c(N)cccc5F)c(F)c4n(-c4c(C)ccnc4C(C)C)c3=O)N2CC1C.C=CC(=O)N1CC2CCc3c(c4cc(F)c(-c5c(N)cccc5F)c(F)c4n(-c4c(C)ccnc4C(C)C)c3=O)N2CC1C. The van der Waals surface area contributed by atoms with Crippen LogP contribution in [0.2, 0.25) is 0 Å². The summed E-state index contributed by atoms with van der Waals surface area (Å²) in [5, 5.41) is 2.81. The molecule has 3 fully saturated rings. The van der Waals surface area contributed by atoms with Crippen LogP contribution < -0.4 is 58.8 Å². The van der Waals surface area contributed by atoms with Gasteiger partial charge in [0.15, 0.2) is 17.5 Å². The second-order valence-corrected chi connectivity index (χ2v) is 35.9. The van der Waals surface area contributed by atoms with Crippen LogP contribution in [-0.2, 0) is 30.4 Å². The maximum absolute atomic E-state index is 17.2. The van der Waals surface area contributed by atoms with Crippen molar-refractivity contribution in [1.82, 2.24) is 43.4 Å². The summed E-state index contributed by atoms with van der Waals surface area (Å²) >= 11 is 0. The van der Waals surface area contributed by atoms with Crippen LogP contribution in [0, 0.1) is 73.1 Å². The first-order valence-electron chi connectivity index (χ1n) is 44.1. The summed E-state index contributed by atoms with van der Waals surface area (Å²) in [4.78, 5) is 134. The van der Waals surface area contributed by atoms with E-state index in [4.69, 9.17) is 17.2 Å². The van der Waals surface area contributed by atoms with Crippen molar-refractivity contribution in [3.8, 4) is 50.4 Å². The molecule has 3 saturated heterocycles. The fourth-order valence-corrected chi connectivity index (χ4v) is 20.1. The van der Waals surface area contributed by atoms with Gasteiger partial charge < -0.3 is 56.8 Å². The molecule has 12 aromatic rings. The maximum atomic E-state index is 17.2. The van der Waals surface area contributed by atoms with Gasteiger partial charge in [0.1, 0.15) is 58.4 Å². The van der Waals surface area contributed by atoms with Gasteiger partial charge in [0.25, 0.3) is 22.6 Å². The van der Waals surface area contributed by atoms with E-state index in [2.05, 4.69) is 40.0 Å². The Morgan fingerprint density at radius 3 is 1.16 bits per heavy atom. The number of carbonyl (C=O) groups is 5. The zero-order chi connectivity index (χ0) is 97.4. The van der Waals surface area contributed by atoms with E-state index in [0.717, 1.165) is 51.6 Å². The van der Waals surface area contributed by atoms with E-state index in [1.807, 2.05) is 60.3 Å². The number of halogens is 9. The molecule has 6 atom stereocenters. The van der Waals surface area contributed by atoms with Crippen molar-refractivity contribution in [2.45, 2.75) is 150 Å². The highest BCUT2D eigenvalue weighted by Crippen LogP contribution is 2.51. The van der Waals surface area contributed by atoms with Crippen LogP contribution >= 0.6 is 0 Å². The highest BCUT2D eigenvalue weighted by molar-refractivity contribution is 6.15. The van der Waals surface area contributed by atoms with E-state index in [1.54, 1.807) is 79.2 Å². The van der Waals surface area contributed by atoms with E-state index in [1.165, 1.54) is 74.9 Å². The number of nitrogen functional groups attached to an aromatic ring is 3. The van der Waals surface area contributed by atoms with E-state index in [-0.39, 0.29) is 158 Å². The number of pyridine rings is 6. The maximum Gasteiger partial charge on any atom is 0.281 e. The normalized spacial score (nSPS) is 17.9. The van der Waals surface area contributed by atoms with Crippen molar-refractivity contribution in [3.05, 3.63) is 270 Å². The van der Waals surface area contributed by atoms with Crippen molar-refractivity contribution < 1.29 is 63.5 Å². The number of fused-ring (bicyclic) bond motifs is 15. The molecule has 6 aliphatic heterocycles. The molecular weight excluding hydrogens is 1750 g/mol. The fourth-order valence-electron chi connectivity index (χ4n) is 20.1. The third kappa shape index (κ3) is 15.2. The Morgan fingerprint density at radius 2 is 0.770 bits per heavy atom. The summed E-state index contributed by atoms with van der Waals surface area (Å²) in [6.45, 7) is 33.5. The number of carbonyl (C=O) groups excluding carboxylic acids is 5. The van der Waals surface area contributed by atoms with Gasteiger partial charge in [-0.15, -0.1) is 0 Å². The number of aromatic nitrogens is 6. The minimum absolute atomic E-state index is 0.0127. The average molecular weight is 1850 g/mol. The number of nitrogens with two attached hydrogens (primary N) is 3. The van der Waals surface area contributed by atoms with E-state index >= 15 is 39.5 Å². The van der Waals surface area contributed by atoms with Crippen LogP contribution in [0.4, 0.5) is 85.0 Å². The van der Waals surface area contributed by atoms with Crippen LogP contribution in [0.5, 0.6) is 0 Å². The molecule has 12 heterocycles. The molecule has 6 aliphatic rings. The van der Waals surface area contributed by atoms with Crippen molar-refractivity contribution >= 4 is 108 Å². The molecule has 5 amide bonds. The molecule has 6 aromatic carbocycles. The molecule has 0 aliphatic carbocycles. The van der Waals surface area contributed by atoms with Crippen LogP contribution in [0.25, 0.3) is 83.2 Å². The zero-order valence-electron chi connectivity index (χ0n) is 76.3. The lowest BCUT2D eigenvalue weighted by Gasteiger charge is -2.50. The molecule has 698 valence electrons. The van der Waals surface area contributed by atoms with Gasteiger partial charge in [-0.25, -0.2) is 39.5 Å². The largest absolute Gasteiger partial charge is 0.398 e. The van der Waals surface area contributed by atoms with Crippen LogP contribution in [-0.4, -0.2) is 155 Å². The number of rotatable bonds is 12. The number of nitrogens with one attached hydrogen (secondary N) is 1. The van der Waals surface area contributed by atoms with E-state index in [9.17, 15) is 38.4 Å². The molecule has 18 rings (SSSR count). The van der Waals surface area contributed by atoms with Gasteiger partial charge in [0, 0.05) is 131 Å². The molecule has 6 unspecified atom stereocenters. The molecule has 0 radical (unpaired) electrons. The number of piperazine rings is 3. The summed E-state index contributed by atoms with van der Waals surface area (Å²) < 4.78 is 149. The van der Waals surface area contributed by atoms with Gasteiger partial charge in [-0.1, -0.05) is 79.5 Å². The first-order valence-corrected chi connectivity index (χ1v) is 44.1. The summed E-state index contributed by atoms with van der Waals surface area (Å²) in [5.74, 6) is -12.0. The number of aryl methyl sites for hydroxylation is 3. The second-order valence-electron chi connectivity index (χ2n) is 35.9. The van der Waals surface area contributed by atoms with Crippen LogP contribution in [0.3, 0.4) is 0 Å². The molecule has 135 heavy (non-hydrogen) atoms. The van der Waals surface area contributed by atoms with Gasteiger partial charge in [0.05, 0.1) is 97.5 Å². The Bertz CT molecular complexity index is 7260. The van der Waals surface area contributed by atoms with Crippen molar-refractivity contribution in [2.75, 3.05) is 88.4 Å². The quantitative estimate of drug-likeness (QED) is 0.0502. The number of benzene rings is 6. The van der Waals surface area contributed by atoms with E-state index in [0.29, 0.717) is 76.6 Å². The third-order valence-electron chi connectivity index (χ3n) is 26.5. The Morgan fingerprint density at radius 1 is 0.422 bits per heavy atom.